The lowest BCUT2D eigenvalue weighted by Gasteiger charge is -2.22. The van der Waals surface area contributed by atoms with Gasteiger partial charge in [0.25, 0.3) is 0 Å². The predicted molar refractivity (Wildman–Crippen MR) is 58.7 cm³/mol. The summed E-state index contributed by atoms with van der Waals surface area (Å²) in [7, 11) is 0. The highest BCUT2D eigenvalue weighted by Gasteiger charge is 2.14. The van der Waals surface area contributed by atoms with Crippen molar-refractivity contribution in [2.45, 2.75) is 25.4 Å². The van der Waals surface area contributed by atoms with Gasteiger partial charge in [-0.25, -0.2) is 0 Å². The van der Waals surface area contributed by atoms with Gasteiger partial charge in [-0.15, -0.1) is 0 Å². The smallest absolute Gasteiger partial charge is 0.239 e. The van der Waals surface area contributed by atoms with Crippen molar-refractivity contribution in [1.29, 1.82) is 0 Å². The molecule has 0 aromatic rings. The lowest BCUT2D eigenvalue weighted by molar-refractivity contribution is -0.125. The molecule has 2 amide bonds. The summed E-state index contributed by atoms with van der Waals surface area (Å²) in [5.74, 6) is -0.542. The Hall–Kier alpha value is -1.14. The zero-order chi connectivity index (χ0) is 11.8. The Balaban J connectivity index is 2.07. The normalized spacial score (nSPS) is 20.2. The Morgan fingerprint density at radius 3 is 2.69 bits per heavy atom. The average molecular weight is 229 g/mol. The first-order valence-corrected chi connectivity index (χ1v) is 5.57. The number of nitrogens with two attached hydrogens (primary N) is 1. The highest BCUT2D eigenvalue weighted by Crippen LogP contribution is 2.11. The monoisotopic (exact) mass is 229 g/mol. The van der Waals surface area contributed by atoms with E-state index in [0.717, 1.165) is 25.9 Å². The topological polar surface area (TPSA) is 93.5 Å². The van der Waals surface area contributed by atoms with Gasteiger partial charge in [0, 0.05) is 13.2 Å². The summed E-state index contributed by atoms with van der Waals surface area (Å²) in [5, 5.41) is 5.12. The van der Waals surface area contributed by atoms with E-state index in [2.05, 4.69) is 10.6 Å². The molecule has 4 N–H and O–H groups in total. The number of hydrogen-bond acceptors (Lipinski definition) is 4. The molecule has 1 aliphatic rings. The van der Waals surface area contributed by atoms with Crippen molar-refractivity contribution in [3.8, 4) is 0 Å². The minimum absolute atomic E-state index is 0.0250. The van der Waals surface area contributed by atoms with Gasteiger partial charge in [-0.3, -0.25) is 9.59 Å². The second kappa shape index (κ2) is 7.19. The molecule has 0 aliphatic carbocycles. The van der Waals surface area contributed by atoms with Crippen molar-refractivity contribution < 1.29 is 14.3 Å². The van der Waals surface area contributed by atoms with Crippen LogP contribution in [0, 0.1) is 0 Å². The highest BCUT2D eigenvalue weighted by molar-refractivity contribution is 5.85. The maximum Gasteiger partial charge on any atom is 0.239 e. The summed E-state index contributed by atoms with van der Waals surface area (Å²) in [6.45, 7) is 1.16. The molecule has 0 saturated carbocycles. The zero-order valence-electron chi connectivity index (χ0n) is 9.33. The van der Waals surface area contributed by atoms with E-state index in [1.54, 1.807) is 0 Å². The molecule has 1 heterocycles. The van der Waals surface area contributed by atoms with Crippen molar-refractivity contribution in [2.24, 2.45) is 5.73 Å². The Morgan fingerprint density at radius 1 is 1.25 bits per heavy atom. The lowest BCUT2D eigenvalue weighted by Crippen LogP contribution is -2.42. The van der Waals surface area contributed by atoms with Crippen molar-refractivity contribution in [1.82, 2.24) is 10.6 Å². The molecule has 1 saturated heterocycles. The molecule has 6 heteroatoms. The van der Waals surface area contributed by atoms with E-state index in [1.807, 2.05) is 0 Å². The van der Waals surface area contributed by atoms with Crippen LogP contribution in [0.25, 0.3) is 0 Å². The van der Waals surface area contributed by atoms with E-state index in [1.165, 1.54) is 0 Å². The number of rotatable bonds is 5. The van der Waals surface area contributed by atoms with E-state index < -0.39 is 0 Å². The minimum atomic E-state index is -0.330. The molecule has 1 aliphatic heterocycles. The van der Waals surface area contributed by atoms with Gasteiger partial charge in [0.2, 0.25) is 11.8 Å². The third-order valence-electron chi connectivity index (χ3n) is 2.43. The number of amides is 2. The van der Waals surface area contributed by atoms with Crippen molar-refractivity contribution in [2.75, 3.05) is 26.2 Å². The SMILES string of the molecule is NCC(=O)NCC(=O)NCC1CCCCO1. The summed E-state index contributed by atoms with van der Waals surface area (Å²) < 4.78 is 5.45. The molecule has 1 rings (SSSR count). The molecular weight excluding hydrogens is 210 g/mol. The second-order valence-corrected chi connectivity index (χ2v) is 3.77. The van der Waals surface area contributed by atoms with E-state index in [4.69, 9.17) is 10.5 Å². The standard InChI is InChI=1S/C10H19N3O3/c11-5-9(14)13-7-10(15)12-6-8-3-1-2-4-16-8/h8H,1-7,11H2,(H,12,15)(H,13,14). The summed E-state index contributed by atoms with van der Waals surface area (Å²) in [5.41, 5.74) is 5.09. The van der Waals surface area contributed by atoms with Gasteiger partial charge in [0.05, 0.1) is 19.2 Å². The average Bonchev–Trinajstić information content (AvgIpc) is 2.34. The molecular formula is C10H19N3O3. The van der Waals surface area contributed by atoms with Gasteiger partial charge >= 0.3 is 0 Å². The Morgan fingerprint density at radius 2 is 2.06 bits per heavy atom. The molecule has 0 spiro atoms. The van der Waals surface area contributed by atoms with Crippen LogP contribution in [-0.4, -0.2) is 44.2 Å². The van der Waals surface area contributed by atoms with Crippen molar-refractivity contribution in [3.05, 3.63) is 0 Å². The first kappa shape index (κ1) is 12.9. The molecule has 0 radical (unpaired) electrons. The van der Waals surface area contributed by atoms with Gasteiger partial charge in [0.1, 0.15) is 0 Å². The van der Waals surface area contributed by atoms with Gasteiger partial charge in [-0.1, -0.05) is 0 Å². The van der Waals surface area contributed by atoms with E-state index >= 15 is 0 Å². The summed E-state index contributed by atoms with van der Waals surface area (Å²) >= 11 is 0. The molecule has 6 nitrogen and oxygen atoms in total. The predicted octanol–water partition coefficient (Wildman–Crippen LogP) is -1.25. The van der Waals surface area contributed by atoms with E-state index in [-0.39, 0.29) is 31.0 Å². The molecule has 0 bridgehead atoms. The fourth-order valence-electron chi connectivity index (χ4n) is 1.51. The zero-order valence-corrected chi connectivity index (χ0v) is 9.33. The van der Waals surface area contributed by atoms with Gasteiger partial charge in [0.15, 0.2) is 0 Å². The van der Waals surface area contributed by atoms with Gasteiger partial charge < -0.3 is 21.1 Å². The van der Waals surface area contributed by atoms with Gasteiger partial charge in [-0.05, 0) is 19.3 Å². The van der Waals surface area contributed by atoms with Crippen molar-refractivity contribution in [3.63, 3.8) is 0 Å². The third kappa shape index (κ3) is 5.09. The molecule has 0 aromatic carbocycles. The number of carbonyl (C=O) groups excluding carboxylic acids is 2. The molecule has 1 fully saturated rings. The summed E-state index contributed by atoms with van der Waals surface area (Å²) in [6.07, 6.45) is 3.33. The maximum atomic E-state index is 11.3. The third-order valence-corrected chi connectivity index (χ3v) is 2.43. The van der Waals surface area contributed by atoms with Crippen LogP contribution in [0.15, 0.2) is 0 Å². The quantitative estimate of drug-likeness (QED) is 0.549. The first-order chi connectivity index (χ1) is 7.72. The largest absolute Gasteiger partial charge is 0.376 e. The van der Waals surface area contributed by atoms with Crippen LogP contribution in [0.2, 0.25) is 0 Å². The summed E-state index contributed by atoms with van der Waals surface area (Å²) in [6, 6.07) is 0. The molecule has 1 atom stereocenters. The molecule has 0 aromatic heterocycles. The van der Waals surface area contributed by atoms with Crippen LogP contribution >= 0.6 is 0 Å². The minimum Gasteiger partial charge on any atom is -0.376 e. The van der Waals surface area contributed by atoms with E-state index in [9.17, 15) is 9.59 Å². The summed E-state index contributed by atoms with van der Waals surface area (Å²) in [4.78, 5) is 22.1. The Bertz CT molecular complexity index is 239. The molecule has 16 heavy (non-hydrogen) atoms. The lowest BCUT2D eigenvalue weighted by atomic mass is 10.1. The van der Waals surface area contributed by atoms with E-state index in [0.29, 0.717) is 6.54 Å². The fourth-order valence-corrected chi connectivity index (χ4v) is 1.51. The number of carbonyl (C=O) groups is 2. The number of ether oxygens (including phenoxy) is 1. The Labute approximate surface area is 94.9 Å². The van der Waals surface area contributed by atoms with Crippen molar-refractivity contribution >= 4 is 11.8 Å². The maximum absolute atomic E-state index is 11.3. The number of nitrogens with one attached hydrogen (secondary N) is 2. The molecule has 1 unspecified atom stereocenters. The van der Waals surface area contributed by atoms with Crippen LogP contribution in [0.1, 0.15) is 19.3 Å². The van der Waals surface area contributed by atoms with Crippen LogP contribution in [0.3, 0.4) is 0 Å². The highest BCUT2D eigenvalue weighted by atomic mass is 16.5. The Kier molecular flexibility index (Phi) is 5.81. The second-order valence-electron chi connectivity index (χ2n) is 3.77. The molecule has 92 valence electrons. The van der Waals surface area contributed by atoms with Crippen LogP contribution < -0.4 is 16.4 Å². The van der Waals surface area contributed by atoms with Crippen LogP contribution in [-0.2, 0) is 14.3 Å². The number of hydrogen-bond donors (Lipinski definition) is 3. The van der Waals surface area contributed by atoms with Gasteiger partial charge in [-0.2, -0.15) is 0 Å². The first-order valence-electron chi connectivity index (χ1n) is 5.57. The van der Waals surface area contributed by atoms with Crippen LogP contribution in [0.4, 0.5) is 0 Å². The van der Waals surface area contributed by atoms with Crippen LogP contribution in [0.5, 0.6) is 0 Å². The fraction of sp³-hybridized carbons (Fsp3) is 0.800.